The summed E-state index contributed by atoms with van der Waals surface area (Å²) in [4.78, 5) is 25.6. The molecule has 0 aliphatic heterocycles. The van der Waals surface area contributed by atoms with Gasteiger partial charge in [-0.15, -0.1) is 0 Å². The normalized spacial score (nSPS) is 15.5. The molecule has 1 fully saturated rings. The second-order valence-electron chi connectivity index (χ2n) is 7.10. The smallest absolute Gasteiger partial charge is 0.341 e. The molecule has 1 saturated carbocycles. The van der Waals surface area contributed by atoms with E-state index in [9.17, 15) is 9.59 Å². The summed E-state index contributed by atoms with van der Waals surface area (Å²) in [7, 11) is 1.50. The monoisotopic (exact) mass is 381 g/mol. The minimum absolute atomic E-state index is 0.0293. The standard InChI is InChI=1S/C23H27NO4/c1-3-28-21(25)19-16-18(12-13-20(19)27-2)24-22(26)23(14-8-5-9-15-23)17-10-6-4-7-11-17/h4,6-7,10-13,16H,3,5,8-9,14-15H2,1-2H3,(H,24,26). The Balaban J connectivity index is 1.90. The van der Waals surface area contributed by atoms with Crippen molar-refractivity contribution in [3.05, 3.63) is 59.7 Å². The van der Waals surface area contributed by atoms with E-state index in [0.717, 1.165) is 37.7 Å². The maximum Gasteiger partial charge on any atom is 0.341 e. The summed E-state index contributed by atoms with van der Waals surface area (Å²) in [5.41, 5.74) is 1.38. The van der Waals surface area contributed by atoms with Crippen molar-refractivity contribution in [3.8, 4) is 5.75 Å². The van der Waals surface area contributed by atoms with Crippen molar-refractivity contribution in [2.45, 2.75) is 44.4 Å². The summed E-state index contributed by atoms with van der Waals surface area (Å²) in [6.45, 7) is 2.03. The number of carbonyl (C=O) groups is 2. The minimum atomic E-state index is -0.538. The Kier molecular flexibility index (Phi) is 6.34. The molecule has 0 spiro atoms. The number of carbonyl (C=O) groups excluding carboxylic acids is 2. The first kappa shape index (κ1) is 19.9. The molecule has 2 aromatic carbocycles. The molecule has 28 heavy (non-hydrogen) atoms. The molecule has 3 rings (SSSR count). The lowest BCUT2D eigenvalue weighted by Gasteiger charge is -2.36. The maximum atomic E-state index is 13.4. The van der Waals surface area contributed by atoms with E-state index in [-0.39, 0.29) is 12.5 Å². The number of ether oxygens (including phenoxy) is 2. The van der Waals surface area contributed by atoms with Crippen LogP contribution in [0.1, 0.15) is 54.9 Å². The fraction of sp³-hybridized carbons (Fsp3) is 0.391. The Labute approximate surface area is 166 Å². The van der Waals surface area contributed by atoms with Crippen LogP contribution in [0.3, 0.4) is 0 Å². The summed E-state index contributed by atoms with van der Waals surface area (Å²) in [5.74, 6) is -0.0730. The van der Waals surface area contributed by atoms with Crippen molar-refractivity contribution < 1.29 is 19.1 Å². The molecule has 1 amide bonds. The Hall–Kier alpha value is -2.82. The van der Waals surface area contributed by atoms with E-state index >= 15 is 0 Å². The summed E-state index contributed by atoms with van der Waals surface area (Å²) in [6, 6.07) is 15.0. The van der Waals surface area contributed by atoms with Crippen LogP contribution in [0.15, 0.2) is 48.5 Å². The van der Waals surface area contributed by atoms with Crippen LogP contribution in [0.5, 0.6) is 5.75 Å². The van der Waals surface area contributed by atoms with E-state index in [1.807, 2.05) is 30.3 Å². The van der Waals surface area contributed by atoms with Crippen molar-refractivity contribution in [1.82, 2.24) is 0 Å². The number of esters is 1. The lowest BCUT2D eigenvalue weighted by molar-refractivity contribution is -0.122. The van der Waals surface area contributed by atoms with Gasteiger partial charge in [-0.05, 0) is 43.5 Å². The van der Waals surface area contributed by atoms with Crippen LogP contribution in [-0.4, -0.2) is 25.6 Å². The van der Waals surface area contributed by atoms with E-state index in [4.69, 9.17) is 9.47 Å². The second-order valence-corrected chi connectivity index (χ2v) is 7.10. The van der Waals surface area contributed by atoms with E-state index in [0.29, 0.717) is 17.0 Å². The van der Waals surface area contributed by atoms with Crippen molar-refractivity contribution in [3.63, 3.8) is 0 Å². The lowest BCUT2D eigenvalue weighted by atomic mass is 9.68. The quantitative estimate of drug-likeness (QED) is 0.736. The van der Waals surface area contributed by atoms with Crippen LogP contribution in [0.25, 0.3) is 0 Å². The average Bonchev–Trinajstić information content (AvgIpc) is 2.75. The van der Waals surface area contributed by atoms with Crippen LogP contribution in [-0.2, 0) is 14.9 Å². The van der Waals surface area contributed by atoms with Gasteiger partial charge in [0.1, 0.15) is 11.3 Å². The van der Waals surface area contributed by atoms with E-state index in [1.54, 1.807) is 25.1 Å². The third-order valence-electron chi connectivity index (χ3n) is 5.42. The summed E-state index contributed by atoms with van der Waals surface area (Å²) >= 11 is 0. The molecule has 0 aromatic heterocycles. The number of anilines is 1. The number of benzene rings is 2. The lowest BCUT2D eigenvalue weighted by Crippen LogP contribution is -2.42. The molecule has 2 aromatic rings. The predicted octanol–water partition coefficient (Wildman–Crippen LogP) is 4.71. The Bertz CT molecular complexity index is 826. The Morgan fingerprint density at radius 2 is 1.75 bits per heavy atom. The van der Waals surface area contributed by atoms with Gasteiger partial charge in [-0.2, -0.15) is 0 Å². The molecule has 0 heterocycles. The number of amides is 1. The van der Waals surface area contributed by atoms with Gasteiger partial charge in [0, 0.05) is 5.69 Å². The first-order valence-corrected chi connectivity index (χ1v) is 9.83. The first-order valence-electron chi connectivity index (χ1n) is 9.83. The number of methoxy groups -OCH3 is 1. The summed E-state index contributed by atoms with van der Waals surface area (Å²) in [6.07, 6.45) is 4.85. The molecule has 0 atom stereocenters. The molecule has 1 aliphatic rings. The zero-order chi connectivity index (χ0) is 20.0. The fourth-order valence-corrected chi connectivity index (χ4v) is 3.96. The highest BCUT2D eigenvalue weighted by Crippen LogP contribution is 2.40. The van der Waals surface area contributed by atoms with Crippen LogP contribution in [0, 0.1) is 0 Å². The molecule has 1 N–H and O–H groups in total. The van der Waals surface area contributed by atoms with Crippen LogP contribution in [0.4, 0.5) is 5.69 Å². The number of rotatable bonds is 6. The van der Waals surface area contributed by atoms with Crippen molar-refractivity contribution in [2.75, 3.05) is 19.0 Å². The second kappa shape index (κ2) is 8.91. The van der Waals surface area contributed by atoms with Gasteiger partial charge in [-0.3, -0.25) is 4.79 Å². The first-order chi connectivity index (χ1) is 13.6. The largest absolute Gasteiger partial charge is 0.496 e. The third kappa shape index (κ3) is 4.03. The number of hydrogen-bond acceptors (Lipinski definition) is 4. The van der Waals surface area contributed by atoms with Gasteiger partial charge in [-0.1, -0.05) is 49.6 Å². The van der Waals surface area contributed by atoms with Gasteiger partial charge in [0.2, 0.25) is 5.91 Å². The van der Waals surface area contributed by atoms with E-state index in [2.05, 4.69) is 5.32 Å². The average molecular weight is 381 g/mol. The van der Waals surface area contributed by atoms with Gasteiger partial charge < -0.3 is 14.8 Å². The minimum Gasteiger partial charge on any atom is -0.496 e. The number of hydrogen-bond donors (Lipinski definition) is 1. The van der Waals surface area contributed by atoms with Gasteiger partial charge in [0.15, 0.2) is 0 Å². The Morgan fingerprint density at radius 1 is 1.04 bits per heavy atom. The van der Waals surface area contributed by atoms with Gasteiger partial charge in [0.25, 0.3) is 0 Å². The van der Waals surface area contributed by atoms with Crippen molar-refractivity contribution >= 4 is 17.6 Å². The highest BCUT2D eigenvalue weighted by atomic mass is 16.5. The molecule has 5 heteroatoms. The van der Waals surface area contributed by atoms with Crippen LogP contribution >= 0.6 is 0 Å². The zero-order valence-electron chi connectivity index (χ0n) is 16.5. The molecular weight excluding hydrogens is 354 g/mol. The summed E-state index contributed by atoms with van der Waals surface area (Å²) in [5, 5.41) is 3.04. The van der Waals surface area contributed by atoms with Gasteiger partial charge >= 0.3 is 5.97 Å². The molecule has 148 valence electrons. The van der Waals surface area contributed by atoms with Gasteiger partial charge in [0.05, 0.1) is 19.1 Å². The van der Waals surface area contributed by atoms with Crippen LogP contribution in [0.2, 0.25) is 0 Å². The molecule has 0 saturated heterocycles. The molecule has 0 radical (unpaired) electrons. The zero-order valence-corrected chi connectivity index (χ0v) is 16.5. The summed E-state index contributed by atoms with van der Waals surface area (Å²) < 4.78 is 10.4. The molecular formula is C23H27NO4. The molecule has 0 bridgehead atoms. The Morgan fingerprint density at radius 3 is 2.39 bits per heavy atom. The third-order valence-corrected chi connectivity index (χ3v) is 5.42. The fourth-order valence-electron chi connectivity index (χ4n) is 3.96. The number of nitrogens with one attached hydrogen (secondary N) is 1. The predicted molar refractivity (Wildman–Crippen MR) is 109 cm³/mol. The van der Waals surface area contributed by atoms with Crippen molar-refractivity contribution in [1.29, 1.82) is 0 Å². The van der Waals surface area contributed by atoms with E-state index in [1.165, 1.54) is 7.11 Å². The molecule has 5 nitrogen and oxygen atoms in total. The SMILES string of the molecule is CCOC(=O)c1cc(NC(=O)C2(c3ccccc3)CCCCC2)ccc1OC. The van der Waals surface area contributed by atoms with E-state index < -0.39 is 11.4 Å². The highest BCUT2D eigenvalue weighted by Gasteiger charge is 2.41. The highest BCUT2D eigenvalue weighted by molar-refractivity contribution is 6.01. The molecule has 0 unspecified atom stereocenters. The maximum absolute atomic E-state index is 13.4. The molecule has 1 aliphatic carbocycles. The van der Waals surface area contributed by atoms with Gasteiger partial charge in [-0.25, -0.2) is 4.79 Å². The van der Waals surface area contributed by atoms with Crippen LogP contribution < -0.4 is 10.1 Å². The topological polar surface area (TPSA) is 64.6 Å². The van der Waals surface area contributed by atoms with Crippen molar-refractivity contribution in [2.24, 2.45) is 0 Å².